The molecule has 3 aliphatic rings. The summed E-state index contributed by atoms with van der Waals surface area (Å²) < 4.78 is 0. The Morgan fingerprint density at radius 2 is 0.469 bits per heavy atom. The molecule has 0 unspecified atom stereocenters. The minimum Gasteiger partial charge on any atom is -0.0625 e. The molecule has 32 heavy (non-hydrogen) atoms. The molecule has 0 amide bonds. The van der Waals surface area contributed by atoms with Gasteiger partial charge in [-0.2, -0.15) is 0 Å². The van der Waals surface area contributed by atoms with Crippen LogP contribution in [0.3, 0.4) is 0 Å². The van der Waals surface area contributed by atoms with E-state index >= 15 is 0 Å². The average molecular weight is 443 g/mol. The zero-order valence-corrected chi connectivity index (χ0v) is 23.3. The minimum atomic E-state index is 1.02. The maximum Gasteiger partial charge on any atom is -0.0398 e. The van der Waals surface area contributed by atoms with Crippen molar-refractivity contribution in [1.82, 2.24) is 0 Å². The van der Waals surface area contributed by atoms with E-state index in [1.54, 1.807) is 0 Å². The Kier molecular flexibility index (Phi) is 15.3. The molecule has 0 heterocycles. The Hall–Kier alpha value is -0.780. The molecule has 1 aromatic rings. The van der Waals surface area contributed by atoms with Crippen molar-refractivity contribution in [2.24, 2.45) is 35.5 Å². The molecule has 3 aliphatic carbocycles. The van der Waals surface area contributed by atoms with Gasteiger partial charge in [0.2, 0.25) is 0 Å². The van der Waals surface area contributed by atoms with Crippen molar-refractivity contribution in [1.29, 1.82) is 0 Å². The summed E-state index contributed by atoms with van der Waals surface area (Å²) in [5.74, 6) is 6.12. The first-order valence-corrected chi connectivity index (χ1v) is 14.2. The van der Waals surface area contributed by atoms with Gasteiger partial charge in [-0.3, -0.25) is 0 Å². The van der Waals surface area contributed by atoms with Crippen LogP contribution in [0.25, 0.3) is 0 Å². The van der Waals surface area contributed by atoms with Crippen LogP contribution < -0.4 is 0 Å². The highest BCUT2D eigenvalue weighted by Crippen LogP contribution is 2.28. The molecule has 186 valence electrons. The van der Waals surface area contributed by atoms with Crippen molar-refractivity contribution in [3.63, 3.8) is 0 Å². The van der Waals surface area contributed by atoms with Crippen LogP contribution in [-0.4, -0.2) is 0 Å². The average Bonchev–Trinajstić information content (AvgIpc) is 2.78. The zero-order valence-electron chi connectivity index (χ0n) is 23.3. The van der Waals surface area contributed by atoms with Crippen LogP contribution in [-0.2, 0) is 0 Å². The largest absolute Gasteiger partial charge is 0.0625 e. The number of rotatable bonds is 0. The van der Waals surface area contributed by atoms with Crippen LogP contribution in [0.5, 0.6) is 0 Å². The summed E-state index contributed by atoms with van der Waals surface area (Å²) >= 11 is 0. The predicted molar refractivity (Wildman–Crippen MR) is 146 cm³/mol. The highest BCUT2D eigenvalue weighted by molar-refractivity contribution is 5.19. The molecule has 0 spiro atoms. The van der Waals surface area contributed by atoms with Crippen LogP contribution >= 0.6 is 0 Å². The molecule has 1 aromatic carbocycles. The van der Waals surface area contributed by atoms with Crippen molar-refractivity contribution >= 4 is 0 Å². The molecule has 0 saturated heterocycles. The van der Waals surface area contributed by atoms with Gasteiger partial charge in [-0.15, -0.1) is 0 Å². The van der Waals surface area contributed by atoms with Crippen LogP contribution in [0.2, 0.25) is 0 Å². The summed E-state index contributed by atoms with van der Waals surface area (Å²) in [5.41, 5.74) is 2.66. The lowest BCUT2D eigenvalue weighted by molar-refractivity contribution is 0.308. The van der Waals surface area contributed by atoms with Gasteiger partial charge < -0.3 is 0 Å². The monoisotopic (exact) mass is 442 g/mol. The topological polar surface area (TPSA) is 0 Å². The van der Waals surface area contributed by atoms with E-state index in [4.69, 9.17) is 0 Å². The molecule has 0 nitrogen and oxygen atoms in total. The third-order valence-electron chi connectivity index (χ3n) is 8.13. The van der Waals surface area contributed by atoms with E-state index in [0.717, 1.165) is 35.5 Å². The number of hydrogen-bond acceptors (Lipinski definition) is 0. The third-order valence-corrected chi connectivity index (χ3v) is 8.13. The number of benzene rings is 1. The van der Waals surface area contributed by atoms with Crippen molar-refractivity contribution in [3.8, 4) is 0 Å². The van der Waals surface area contributed by atoms with E-state index in [0.29, 0.717) is 0 Å². The van der Waals surface area contributed by atoms with Crippen molar-refractivity contribution in [2.45, 2.75) is 132 Å². The van der Waals surface area contributed by atoms with E-state index in [1.165, 1.54) is 88.2 Å². The van der Waals surface area contributed by atoms with Gasteiger partial charge in [0.15, 0.2) is 0 Å². The van der Waals surface area contributed by atoms with Crippen molar-refractivity contribution < 1.29 is 0 Å². The summed E-state index contributed by atoms with van der Waals surface area (Å²) in [4.78, 5) is 0. The maximum absolute atomic E-state index is 2.37. The van der Waals surface area contributed by atoms with E-state index in [9.17, 15) is 0 Å². The second-order valence-corrected chi connectivity index (χ2v) is 12.2. The van der Waals surface area contributed by atoms with Gasteiger partial charge in [0.25, 0.3) is 0 Å². The summed E-state index contributed by atoms with van der Waals surface area (Å²) in [6.07, 6.45) is 17.7. The maximum atomic E-state index is 2.37. The molecule has 0 aliphatic heterocycles. The molecule has 0 atom stereocenters. The van der Waals surface area contributed by atoms with Gasteiger partial charge in [-0.1, -0.05) is 154 Å². The summed E-state index contributed by atoms with van der Waals surface area (Å²) in [5, 5.41) is 0. The van der Waals surface area contributed by atoms with E-state index in [2.05, 4.69) is 79.7 Å². The lowest BCUT2D eigenvalue weighted by Crippen LogP contribution is -2.08. The molecule has 0 radical (unpaired) electrons. The fourth-order valence-electron chi connectivity index (χ4n) is 4.92. The molecule has 0 aromatic heterocycles. The standard InChI is InChI=1S/3C8H16.C8H10/c4*1-7-3-5-8(2)6-4-7/h3*7-8H,3-6H2,1-2H3;3-6H,1-2H3. The zero-order chi connectivity index (χ0) is 23.9. The Labute approximate surface area is 203 Å². The highest BCUT2D eigenvalue weighted by atomic mass is 14.2. The second kappa shape index (κ2) is 16.8. The second-order valence-electron chi connectivity index (χ2n) is 12.2. The molecular weight excluding hydrogens is 384 g/mol. The lowest BCUT2D eigenvalue weighted by Gasteiger charge is -2.22. The molecule has 4 rings (SSSR count). The normalized spacial score (nSPS) is 32.1. The smallest absolute Gasteiger partial charge is 0.0398 e. The summed E-state index contributed by atoms with van der Waals surface area (Å²) in [6, 6.07) is 8.48. The molecule has 0 heteroatoms. The fourth-order valence-corrected chi connectivity index (χ4v) is 4.92. The lowest BCUT2D eigenvalue weighted by atomic mass is 9.84. The highest BCUT2D eigenvalue weighted by Gasteiger charge is 2.14. The Morgan fingerprint density at radius 1 is 0.344 bits per heavy atom. The van der Waals surface area contributed by atoms with Crippen LogP contribution in [0, 0.1) is 49.4 Å². The van der Waals surface area contributed by atoms with Gasteiger partial charge in [0.05, 0.1) is 0 Å². The molecule has 3 saturated carbocycles. The SMILES string of the molecule is CC1CCC(C)CC1.CC1CCC(C)CC1.CC1CCC(C)CC1.Cc1ccc(C)cc1. The first-order valence-electron chi connectivity index (χ1n) is 14.2. The minimum absolute atomic E-state index is 1.02. The Morgan fingerprint density at radius 3 is 0.594 bits per heavy atom. The van der Waals surface area contributed by atoms with E-state index in [1.807, 2.05) is 0 Å². The van der Waals surface area contributed by atoms with Crippen LogP contribution in [0.4, 0.5) is 0 Å². The predicted octanol–water partition coefficient (Wildman–Crippen LogP) is 10.8. The third kappa shape index (κ3) is 15.1. The van der Waals surface area contributed by atoms with Crippen LogP contribution in [0.15, 0.2) is 24.3 Å². The van der Waals surface area contributed by atoms with Gasteiger partial charge in [0.1, 0.15) is 0 Å². The molecule has 0 N–H and O–H groups in total. The molecule has 3 fully saturated rings. The van der Waals surface area contributed by atoms with Gasteiger partial charge in [-0.25, -0.2) is 0 Å². The van der Waals surface area contributed by atoms with Gasteiger partial charge in [-0.05, 0) is 49.4 Å². The van der Waals surface area contributed by atoms with Crippen molar-refractivity contribution in [3.05, 3.63) is 35.4 Å². The fraction of sp³-hybridized carbons (Fsp3) is 0.812. The summed E-state index contributed by atoms with van der Waals surface area (Å²) in [7, 11) is 0. The van der Waals surface area contributed by atoms with E-state index in [-0.39, 0.29) is 0 Å². The molecule has 0 bridgehead atoms. The first-order chi connectivity index (χ1) is 15.2. The number of aryl methyl sites for hydroxylation is 2. The Bertz CT molecular complexity index is 433. The molecular formula is C32H58. The van der Waals surface area contributed by atoms with E-state index < -0.39 is 0 Å². The van der Waals surface area contributed by atoms with Crippen LogP contribution in [0.1, 0.15) is 130 Å². The van der Waals surface area contributed by atoms with Gasteiger partial charge in [0, 0.05) is 0 Å². The summed E-state index contributed by atoms with van der Waals surface area (Å²) in [6.45, 7) is 18.4. The van der Waals surface area contributed by atoms with Crippen molar-refractivity contribution in [2.75, 3.05) is 0 Å². The first kappa shape index (κ1) is 29.3. The van der Waals surface area contributed by atoms with Gasteiger partial charge >= 0.3 is 0 Å². The Balaban J connectivity index is 0.000000213. The number of hydrogen-bond donors (Lipinski definition) is 0. The quantitative estimate of drug-likeness (QED) is 0.374.